The van der Waals surface area contributed by atoms with Crippen LogP contribution in [0.5, 0.6) is 0 Å². The van der Waals surface area contributed by atoms with Gasteiger partial charge in [0.2, 0.25) is 0 Å². The van der Waals surface area contributed by atoms with Gasteiger partial charge in [0.1, 0.15) is 5.78 Å². The van der Waals surface area contributed by atoms with Gasteiger partial charge in [-0.05, 0) is 18.6 Å². The van der Waals surface area contributed by atoms with Crippen LogP contribution in [0.25, 0.3) is 0 Å². The van der Waals surface area contributed by atoms with Crippen LogP contribution in [0.15, 0.2) is 18.2 Å². The van der Waals surface area contributed by atoms with Gasteiger partial charge in [-0.15, -0.1) is 0 Å². The maximum atomic E-state index is 12.6. The molecule has 0 saturated carbocycles. The summed E-state index contributed by atoms with van der Waals surface area (Å²) in [5.41, 5.74) is -1.19. The molecule has 6 heteroatoms. The van der Waals surface area contributed by atoms with E-state index < -0.39 is 28.8 Å². The molecule has 1 unspecified atom stereocenters. The first kappa shape index (κ1) is 14.2. The average molecular weight is 313 g/mol. The molecule has 0 bridgehead atoms. The zero-order valence-corrected chi connectivity index (χ0v) is 10.3. The first-order valence-corrected chi connectivity index (χ1v) is 5.60. The number of Topliss-reactive ketones (excluding diaryl/α,β-unsaturated/α-hetero) is 1. The van der Waals surface area contributed by atoms with Crippen molar-refractivity contribution in [2.45, 2.75) is 24.6 Å². The van der Waals surface area contributed by atoms with E-state index in [1.165, 1.54) is 13.0 Å². The van der Waals surface area contributed by atoms with Crippen molar-refractivity contribution in [2.24, 2.45) is 0 Å². The largest absolute Gasteiger partial charge is 0.298 e. The minimum atomic E-state index is -2.99. The lowest BCUT2D eigenvalue weighted by atomic mass is 10.0. The van der Waals surface area contributed by atoms with Crippen LogP contribution in [0, 0.1) is 0 Å². The molecule has 1 aromatic carbocycles. The number of rotatable bonds is 4. The SMILES string of the molecule is CC(=O)C(Br)c1ccc(C(F)F)c(C(F)F)c1. The molecule has 1 rings (SSSR count). The lowest BCUT2D eigenvalue weighted by molar-refractivity contribution is -0.116. The molecule has 17 heavy (non-hydrogen) atoms. The number of benzene rings is 1. The summed E-state index contributed by atoms with van der Waals surface area (Å²) >= 11 is 3.01. The van der Waals surface area contributed by atoms with Gasteiger partial charge in [-0.25, -0.2) is 17.6 Å². The highest BCUT2D eigenvalue weighted by Gasteiger charge is 2.22. The molecule has 1 aromatic rings. The van der Waals surface area contributed by atoms with Gasteiger partial charge in [0, 0.05) is 11.1 Å². The van der Waals surface area contributed by atoms with Crippen LogP contribution in [-0.4, -0.2) is 5.78 Å². The second kappa shape index (κ2) is 5.62. The summed E-state index contributed by atoms with van der Waals surface area (Å²) in [4.78, 5) is 10.3. The van der Waals surface area contributed by atoms with E-state index in [1.807, 2.05) is 0 Å². The minimum Gasteiger partial charge on any atom is -0.298 e. The highest BCUT2D eigenvalue weighted by atomic mass is 79.9. The lowest BCUT2D eigenvalue weighted by Crippen LogP contribution is -2.04. The van der Waals surface area contributed by atoms with Crippen molar-refractivity contribution in [3.63, 3.8) is 0 Å². The summed E-state index contributed by atoms with van der Waals surface area (Å²) in [5.74, 6) is -0.282. The predicted molar refractivity (Wildman–Crippen MR) is 58.7 cm³/mol. The molecule has 0 N–H and O–H groups in total. The molecule has 1 nitrogen and oxygen atoms in total. The Bertz CT molecular complexity index is 420. The molecular weight excluding hydrogens is 304 g/mol. The molecule has 0 aromatic heterocycles. The molecule has 0 saturated heterocycles. The van der Waals surface area contributed by atoms with Gasteiger partial charge in [-0.1, -0.05) is 28.1 Å². The molecule has 0 spiro atoms. The standard InChI is InChI=1S/C11H9BrF4O/c1-5(17)9(12)6-2-3-7(10(13)14)8(4-6)11(15)16/h2-4,9-11H,1H3. The molecule has 0 aliphatic heterocycles. The van der Waals surface area contributed by atoms with Crippen molar-refractivity contribution in [1.82, 2.24) is 0 Å². The highest BCUT2D eigenvalue weighted by Crippen LogP contribution is 2.34. The van der Waals surface area contributed by atoms with Gasteiger partial charge in [0.05, 0.1) is 4.83 Å². The van der Waals surface area contributed by atoms with Crippen LogP contribution in [-0.2, 0) is 4.79 Å². The summed E-state index contributed by atoms with van der Waals surface area (Å²) < 4.78 is 50.1. The van der Waals surface area contributed by atoms with Crippen molar-refractivity contribution in [3.8, 4) is 0 Å². The van der Waals surface area contributed by atoms with E-state index in [-0.39, 0.29) is 11.3 Å². The fourth-order valence-corrected chi connectivity index (χ4v) is 1.66. The van der Waals surface area contributed by atoms with Crippen LogP contribution >= 0.6 is 15.9 Å². The highest BCUT2D eigenvalue weighted by molar-refractivity contribution is 9.09. The summed E-state index contributed by atoms with van der Waals surface area (Å²) in [5, 5.41) is 0. The summed E-state index contributed by atoms with van der Waals surface area (Å²) in [6.07, 6.45) is -5.95. The minimum absolute atomic E-state index is 0.247. The predicted octanol–water partition coefficient (Wildman–Crippen LogP) is 4.59. The van der Waals surface area contributed by atoms with E-state index in [0.717, 1.165) is 12.1 Å². The number of hydrogen-bond donors (Lipinski definition) is 0. The maximum Gasteiger partial charge on any atom is 0.264 e. The van der Waals surface area contributed by atoms with Crippen molar-refractivity contribution >= 4 is 21.7 Å². The quantitative estimate of drug-likeness (QED) is 0.587. The van der Waals surface area contributed by atoms with E-state index in [9.17, 15) is 22.4 Å². The maximum absolute atomic E-state index is 12.6. The smallest absolute Gasteiger partial charge is 0.264 e. The number of halogens is 5. The van der Waals surface area contributed by atoms with Crippen molar-refractivity contribution in [1.29, 1.82) is 0 Å². The van der Waals surface area contributed by atoms with E-state index >= 15 is 0 Å². The Morgan fingerprint density at radius 2 is 1.65 bits per heavy atom. The van der Waals surface area contributed by atoms with Gasteiger partial charge in [-0.2, -0.15) is 0 Å². The molecule has 0 fully saturated rings. The van der Waals surface area contributed by atoms with Gasteiger partial charge in [-0.3, -0.25) is 4.79 Å². The van der Waals surface area contributed by atoms with Crippen LogP contribution < -0.4 is 0 Å². The zero-order valence-electron chi connectivity index (χ0n) is 8.76. The molecule has 0 aliphatic carbocycles. The Morgan fingerprint density at radius 3 is 2.06 bits per heavy atom. The van der Waals surface area contributed by atoms with Crippen molar-refractivity contribution in [2.75, 3.05) is 0 Å². The average Bonchev–Trinajstić information content (AvgIpc) is 2.26. The van der Waals surface area contributed by atoms with E-state index in [2.05, 4.69) is 15.9 Å². The van der Waals surface area contributed by atoms with E-state index in [1.54, 1.807) is 0 Å². The molecule has 1 atom stereocenters. The zero-order chi connectivity index (χ0) is 13.2. The summed E-state index contributed by atoms with van der Waals surface area (Å²) in [7, 11) is 0. The Hall–Kier alpha value is -0.910. The third kappa shape index (κ3) is 3.28. The van der Waals surface area contributed by atoms with Crippen LogP contribution in [0.2, 0.25) is 0 Å². The number of hydrogen-bond acceptors (Lipinski definition) is 1. The Balaban J connectivity index is 3.23. The Morgan fingerprint density at radius 1 is 1.12 bits per heavy atom. The van der Waals surface area contributed by atoms with Crippen molar-refractivity contribution in [3.05, 3.63) is 34.9 Å². The fraction of sp³-hybridized carbons (Fsp3) is 0.364. The van der Waals surface area contributed by atoms with Crippen molar-refractivity contribution < 1.29 is 22.4 Å². The summed E-state index contributed by atoms with van der Waals surface area (Å²) in [6, 6.07) is 3.11. The van der Waals surface area contributed by atoms with Gasteiger partial charge < -0.3 is 0 Å². The number of carbonyl (C=O) groups is 1. The second-order valence-corrected chi connectivity index (χ2v) is 4.38. The second-order valence-electron chi connectivity index (χ2n) is 3.46. The molecular formula is C11H9BrF4O. The van der Waals surface area contributed by atoms with E-state index in [0.29, 0.717) is 0 Å². The van der Waals surface area contributed by atoms with Crippen LogP contribution in [0.4, 0.5) is 17.6 Å². The molecule has 94 valence electrons. The van der Waals surface area contributed by atoms with E-state index in [4.69, 9.17) is 0 Å². The fourth-order valence-electron chi connectivity index (χ4n) is 1.37. The van der Waals surface area contributed by atoms with Gasteiger partial charge in [0.15, 0.2) is 0 Å². The molecule has 0 aliphatic rings. The Kier molecular flexibility index (Phi) is 4.68. The summed E-state index contributed by atoms with van der Waals surface area (Å²) in [6.45, 7) is 1.28. The lowest BCUT2D eigenvalue weighted by Gasteiger charge is -2.12. The van der Waals surface area contributed by atoms with Gasteiger partial charge in [0.25, 0.3) is 12.9 Å². The Labute approximate surface area is 104 Å². The van der Waals surface area contributed by atoms with Crippen LogP contribution in [0.3, 0.4) is 0 Å². The first-order valence-electron chi connectivity index (χ1n) is 4.69. The normalized spacial score (nSPS) is 13.2. The molecule has 0 amide bonds. The monoisotopic (exact) mass is 312 g/mol. The topological polar surface area (TPSA) is 17.1 Å². The number of carbonyl (C=O) groups excluding carboxylic acids is 1. The van der Waals surface area contributed by atoms with Gasteiger partial charge >= 0.3 is 0 Å². The third-order valence-corrected chi connectivity index (χ3v) is 3.40. The molecule has 0 radical (unpaired) electrons. The number of ketones is 1. The third-order valence-electron chi connectivity index (χ3n) is 2.23. The molecule has 0 heterocycles. The number of alkyl halides is 5. The first-order chi connectivity index (χ1) is 7.84. The van der Waals surface area contributed by atoms with Crippen LogP contribution in [0.1, 0.15) is 41.3 Å².